The number of nitrogens with one attached hydrogen (secondary N) is 1. The SMILES string of the molecule is C[C@H](C[C@H](C)C(=O)C[C@H](O)CC1C[C@@H](O)N[C@@H](O)C1)[C@@H]1OC(=O)CCCC/C=C\CC[C@@H]1C. The minimum atomic E-state index is -0.789. The van der Waals surface area contributed by atoms with Crippen LogP contribution in [0, 0.1) is 23.7 Å². The van der Waals surface area contributed by atoms with Crippen LogP contribution >= 0.6 is 0 Å². The third-order valence-electron chi connectivity index (χ3n) is 7.16. The number of carbonyl (C=O) groups is 2. The van der Waals surface area contributed by atoms with Gasteiger partial charge in [0.2, 0.25) is 0 Å². The first-order chi connectivity index (χ1) is 15.7. The summed E-state index contributed by atoms with van der Waals surface area (Å²) in [4.78, 5) is 25.2. The molecule has 0 saturated carbocycles. The fourth-order valence-corrected chi connectivity index (χ4v) is 5.30. The quantitative estimate of drug-likeness (QED) is 0.319. The normalized spacial score (nSPS) is 33.6. The van der Waals surface area contributed by atoms with Gasteiger partial charge in [-0.2, -0.15) is 0 Å². The molecular weight excluding hydrogens is 422 g/mol. The first-order valence-corrected chi connectivity index (χ1v) is 12.8. The maximum Gasteiger partial charge on any atom is 0.306 e. The number of esters is 1. The van der Waals surface area contributed by atoms with E-state index in [4.69, 9.17) is 4.74 Å². The molecule has 190 valence electrons. The van der Waals surface area contributed by atoms with Gasteiger partial charge >= 0.3 is 5.97 Å². The molecule has 33 heavy (non-hydrogen) atoms. The first kappa shape index (κ1) is 28.0. The van der Waals surface area contributed by atoms with Crippen molar-refractivity contribution in [2.45, 2.75) is 116 Å². The number of carbonyl (C=O) groups excluding carboxylic acids is 2. The number of rotatable bonds is 8. The van der Waals surface area contributed by atoms with Gasteiger partial charge in [0.1, 0.15) is 24.3 Å². The standard InChI is InChI=1S/C26H45NO6/c1-17-10-8-6-4-5-7-9-11-25(32)33-26(17)19(3)12-18(2)22(29)16-21(28)13-20-14-23(30)27-24(31)15-20/h4,6,17-21,23-24,26-28,30-31H,5,7-16H2,1-3H3/b6-4-/t17-,18-,19+,20?,21+,23-,24+,26+/m0/s1. The molecule has 2 aliphatic rings. The fraction of sp³-hybridized carbons (Fsp3) is 0.846. The summed E-state index contributed by atoms with van der Waals surface area (Å²) in [5.74, 6) is -0.173. The van der Waals surface area contributed by atoms with E-state index in [9.17, 15) is 24.9 Å². The number of hydrogen-bond acceptors (Lipinski definition) is 7. The van der Waals surface area contributed by atoms with Gasteiger partial charge in [-0.15, -0.1) is 0 Å². The minimum Gasteiger partial charge on any atom is -0.462 e. The van der Waals surface area contributed by atoms with Gasteiger partial charge in [-0.05, 0) is 75.5 Å². The largest absolute Gasteiger partial charge is 0.462 e. The second-order valence-electron chi connectivity index (χ2n) is 10.4. The Morgan fingerprint density at radius 1 is 1.15 bits per heavy atom. The van der Waals surface area contributed by atoms with E-state index >= 15 is 0 Å². The number of Topliss-reactive ketones (excluding diaryl/α,β-unsaturated/α-hetero) is 1. The Morgan fingerprint density at radius 2 is 1.82 bits per heavy atom. The number of hydrogen-bond donors (Lipinski definition) is 4. The zero-order chi connectivity index (χ0) is 24.4. The molecule has 0 aliphatic carbocycles. The number of piperidine rings is 1. The van der Waals surface area contributed by atoms with Crippen LogP contribution < -0.4 is 5.32 Å². The van der Waals surface area contributed by atoms with Crippen LogP contribution in [0.1, 0.15) is 91.4 Å². The molecule has 1 unspecified atom stereocenters. The van der Waals surface area contributed by atoms with Crippen LogP contribution in [0.2, 0.25) is 0 Å². The molecule has 7 heteroatoms. The Hall–Kier alpha value is -1.28. The van der Waals surface area contributed by atoms with Gasteiger partial charge in [0.15, 0.2) is 0 Å². The summed E-state index contributed by atoms with van der Waals surface area (Å²) in [6.07, 6.45) is 8.96. The van der Waals surface area contributed by atoms with Crippen LogP contribution in [0.5, 0.6) is 0 Å². The highest BCUT2D eigenvalue weighted by Gasteiger charge is 2.31. The number of allylic oxidation sites excluding steroid dienone is 2. The van der Waals surface area contributed by atoms with Crippen LogP contribution in [-0.2, 0) is 14.3 Å². The molecule has 1 saturated heterocycles. The molecule has 2 heterocycles. The lowest BCUT2D eigenvalue weighted by Gasteiger charge is -2.32. The van der Waals surface area contributed by atoms with Crippen LogP contribution in [0.15, 0.2) is 12.2 Å². The van der Waals surface area contributed by atoms with Crippen molar-refractivity contribution in [1.82, 2.24) is 5.32 Å². The summed E-state index contributed by atoms with van der Waals surface area (Å²) >= 11 is 0. The number of ketones is 1. The van der Waals surface area contributed by atoms with E-state index in [2.05, 4.69) is 24.4 Å². The molecule has 0 aromatic heterocycles. The summed E-state index contributed by atoms with van der Waals surface area (Å²) in [5.41, 5.74) is 0. The smallest absolute Gasteiger partial charge is 0.306 e. The highest BCUT2D eigenvalue weighted by molar-refractivity contribution is 5.81. The molecule has 8 atom stereocenters. The monoisotopic (exact) mass is 467 g/mol. The van der Waals surface area contributed by atoms with E-state index in [-0.39, 0.29) is 47.9 Å². The molecule has 0 aromatic carbocycles. The van der Waals surface area contributed by atoms with Gasteiger partial charge in [-0.1, -0.05) is 32.9 Å². The number of cyclic esters (lactones) is 1. The van der Waals surface area contributed by atoms with Crippen LogP contribution in [0.4, 0.5) is 0 Å². The van der Waals surface area contributed by atoms with Gasteiger partial charge in [0, 0.05) is 18.8 Å². The average Bonchev–Trinajstić information content (AvgIpc) is 2.71. The molecule has 0 aromatic rings. The topological polar surface area (TPSA) is 116 Å². The molecule has 2 rings (SSSR count). The van der Waals surface area contributed by atoms with Gasteiger partial charge in [0.05, 0.1) is 6.10 Å². The zero-order valence-corrected chi connectivity index (χ0v) is 20.6. The van der Waals surface area contributed by atoms with Crippen LogP contribution in [0.3, 0.4) is 0 Å². The van der Waals surface area contributed by atoms with Crippen molar-refractivity contribution in [3.63, 3.8) is 0 Å². The highest BCUT2D eigenvalue weighted by atomic mass is 16.5. The van der Waals surface area contributed by atoms with Crippen LogP contribution in [-0.4, -0.2) is 51.7 Å². The molecular formula is C26H45NO6. The second-order valence-corrected chi connectivity index (χ2v) is 10.4. The first-order valence-electron chi connectivity index (χ1n) is 12.8. The van der Waals surface area contributed by atoms with Gasteiger partial charge in [-0.25, -0.2) is 0 Å². The third kappa shape index (κ3) is 10.3. The van der Waals surface area contributed by atoms with Crippen molar-refractivity contribution in [2.75, 3.05) is 0 Å². The molecule has 0 radical (unpaired) electrons. The summed E-state index contributed by atoms with van der Waals surface area (Å²) < 4.78 is 5.90. The Labute approximate surface area is 199 Å². The van der Waals surface area contributed by atoms with Crippen LogP contribution in [0.25, 0.3) is 0 Å². The Morgan fingerprint density at radius 3 is 2.52 bits per heavy atom. The van der Waals surface area contributed by atoms with E-state index in [1.54, 1.807) is 0 Å². The van der Waals surface area contributed by atoms with Crippen molar-refractivity contribution in [2.24, 2.45) is 23.7 Å². The van der Waals surface area contributed by atoms with E-state index in [1.807, 2.05) is 13.8 Å². The number of aliphatic hydroxyl groups is 3. The van der Waals surface area contributed by atoms with Crippen molar-refractivity contribution in [3.05, 3.63) is 12.2 Å². The Bertz CT molecular complexity index is 628. The lowest BCUT2D eigenvalue weighted by atomic mass is 9.82. The Kier molecular flexibility index (Phi) is 12.0. The molecule has 2 aliphatic heterocycles. The maximum absolute atomic E-state index is 12.8. The molecule has 7 nitrogen and oxygen atoms in total. The summed E-state index contributed by atoms with van der Waals surface area (Å²) in [7, 11) is 0. The van der Waals surface area contributed by atoms with Gasteiger partial charge in [0.25, 0.3) is 0 Å². The second kappa shape index (κ2) is 14.2. The molecule has 4 N–H and O–H groups in total. The van der Waals surface area contributed by atoms with E-state index in [1.165, 1.54) is 0 Å². The molecule has 0 amide bonds. The summed E-state index contributed by atoms with van der Waals surface area (Å²) in [5, 5.41) is 32.6. The predicted octanol–water partition coefficient (Wildman–Crippen LogP) is 3.45. The maximum atomic E-state index is 12.8. The summed E-state index contributed by atoms with van der Waals surface area (Å²) in [6.45, 7) is 6.05. The van der Waals surface area contributed by atoms with E-state index < -0.39 is 18.6 Å². The number of ether oxygens (including phenoxy) is 1. The fourth-order valence-electron chi connectivity index (χ4n) is 5.30. The van der Waals surface area contributed by atoms with Crippen molar-refractivity contribution < 1.29 is 29.6 Å². The van der Waals surface area contributed by atoms with Crippen molar-refractivity contribution in [3.8, 4) is 0 Å². The van der Waals surface area contributed by atoms with Crippen molar-refractivity contribution in [1.29, 1.82) is 0 Å². The van der Waals surface area contributed by atoms with E-state index in [0.717, 1.165) is 32.1 Å². The van der Waals surface area contributed by atoms with Crippen molar-refractivity contribution >= 4 is 11.8 Å². The predicted molar refractivity (Wildman–Crippen MR) is 127 cm³/mol. The van der Waals surface area contributed by atoms with E-state index in [0.29, 0.717) is 32.1 Å². The third-order valence-corrected chi connectivity index (χ3v) is 7.16. The summed E-state index contributed by atoms with van der Waals surface area (Å²) in [6, 6.07) is 0. The highest BCUT2D eigenvalue weighted by Crippen LogP contribution is 2.29. The van der Waals surface area contributed by atoms with Gasteiger partial charge < -0.3 is 20.1 Å². The Balaban J connectivity index is 1.87. The average molecular weight is 468 g/mol. The van der Waals surface area contributed by atoms with Gasteiger partial charge in [-0.3, -0.25) is 14.9 Å². The zero-order valence-electron chi connectivity index (χ0n) is 20.6. The number of aliphatic hydroxyl groups excluding tert-OH is 3. The molecule has 0 spiro atoms. The minimum absolute atomic E-state index is 0.000511. The molecule has 1 fully saturated rings. The lowest BCUT2D eigenvalue weighted by molar-refractivity contribution is -0.155. The lowest BCUT2D eigenvalue weighted by Crippen LogP contribution is -2.46. The molecule has 0 bridgehead atoms.